The number of nitrogens with two attached hydrogens (primary N) is 1. The van der Waals surface area contributed by atoms with Crippen LogP contribution in [0, 0.1) is 18.2 Å². The fourth-order valence-electron chi connectivity index (χ4n) is 1.11. The monoisotopic (exact) mass is 260 g/mol. The number of carbonyl (C=O) groups excluding carboxylic acids is 1. The number of nitrogens with one attached hydrogen (secondary N) is 1. The summed E-state index contributed by atoms with van der Waals surface area (Å²) in [5.41, 5.74) is 6.15. The summed E-state index contributed by atoms with van der Waals surface area (Å²) in [4.78, 5) is 11.8. The Morgan fingerprint density at radius 1 is 1.47 bits per heavy atom. The molecule has 1 aromatic carbocycles. The highest BCUT2D eigenvalue weighted by molar-refractivity contribution is 5.95. The van der Waals surface area contributed by atoms with Crippen molar-refractivity contribution in [3.63, 3.8) is 0 Å². The summed E-state index contributed by atoms with van der Waals surface area (Å²) in [6.07, 6.45) is 0. The van der Waals surface area contributed by atoms with Crippen molar-refractivity contribution in [2.75, 3.05) is 11.9 Å². The fraction of sp³-hybridized carbons (Fsp3) is 0.417. The van der Waals surface area contributed by atoms with E-state index < -0.39 is 5.41 Å². The zero-order valence-electron chi connectivity index (χ0n) is 10.2. The van der Waals surface area contributed by atoms with Gasteiger partial charge in [-0.15, -0.1) is 12.4 Å². The van der Waals surface area contributed by atoms with Crippen LogP contribution in [0.2, 0.25) is 0 Å². The normalized spacial score (nSPS) is 10.6. The van der Waals surface area contributed by atoms with Crippen molar-refractivity contribution in [2.45, 2.75) is 20.8 Å². The van der Waals surface area contributed by atoms with E-state index in [0.717, 1.165) is 5.56 Å². The van der Waals surface area contributed by atoms with Crippen LogP contribution in [0.25, 0.3) is 0 Å². The molecule has 96 valence electrons. The second kappa shape index (κ2) is 5.98. The Labute approximate surface area is 107 Å². The van der Waals surface area contributed by atoms with Gasteiger partial charge in [-0.05, 0) is 38.5 Å². The Kier molecular flexibility index (Phi) is 5.58. The molecule has 0 spiro atoms. The molecule has 0 heterocycles. The van der Waals surface area contributed by atoms with Crippen LogP contribution in [0.5, 0.6) is 0 Å². The highest BCUT2D eigenvalue weighted by Gasteiger charge is 2.26. The summed E-state index contributed by atoms with van der Waals surface area (Å²) in [6.45, 7) is 5.55. The number of anilines is 1. The number of carbonyl (C=O) groups is 1. The summed E-state index contributed by atoms with van der Waals surface area (Å²) in [5.74, 6) is -0.574. The highest BCUT2D eigenvalue weighted by Crippen LogP contribution is 2.20. The van der Waals surface area contributed by atoms with Crippen LogP contribution < -0.4 is 11.1 Å². The van der Waals surface area contributed by atoms with Crippen molar-refractivity contribution in [3.05, 3.63) is 29.6 Å². The average Bonchev–Trinajstić information content (AvgIpc) is 2.23. The van der Waals surface area contributed by atoms with Crippen LogP contribution in [0.3, 0.4) is 0 Å². The Hall–Kier alpha value is -1.13. The van der Waals surface area contributed by atoms with Crippen molar-refractivity contribution in [1.82, 2.24) is 0 Å². The first kappa shape index (κ1) is 15.9. The van der Waals surface area contributed by atoms with Gasteiger partial charge in [-0.1, -0.05) is 6.07 Å². The molecule has 5 heteroatoms. The van der Waals surface area contributed by atoms with E-state index in [1.165, 1.54) is 12.1 Å². The maximum absolute atomic E-state index is 13.0. The Morgan fingerprint density at radius 3 is 2.59 bits per heavy atom. The van der Waals surface area contributed by atoms with E-state index in [9.17, 15) is 9.18 Å². The van der Waals surface area contributed by atoms with E-state index in [-0.39, 0.29) is 30.7 Å². The van der Waals surface area contributed by atoms with Crippen LogP contribution in [-0.4, -0.2) is 12.5 Å². The quantitative estimate of drug-likeness (QED) is 0.877. The third-order valence-corrected chi connectivity index (χ3v) is 2.57. The van der Waals surface area contributed by atoms with Gasteiger partial charge in [-0.2, -0.15) is 0 Å². The van der Waals surface area contributed by atoms with E-state index in [4.69, 9.17) is 5.73 Å². The number of halogens is 2. The van der Waals surface area contributed by atoms with E-state index in [1.54, 1.807) is 19.9 Å². The SMILES string of the molecule is Cc1ccc(F)cc1NC(=O)C(C)(C)CN.Cl. The van der Waals surface area contributed by atoms with Gasteiger partial charge in [0.1, 0.15) is 5.82 Å². The van der Waals surface area contributed by atoms with Gasteiger partial charge in [0.05, 0.1) is 5.41 Å². The Balaban J connectivity index is 0.00000256. The first-order valence-corrected chi connectivity index (χ1v) is 5.14. The predicted octanol–water partition coefficient (Wildman–Crippen LogP) is 2.48. The third-order valence-electron chi connectivity index (χ3n) is 2.57. The molecule has 3 N–H and O–H groups in total. The van der Waals surface area contributed by atoms with Crippen LogP contribution in [0.1, 0.15) is 19.4 Å². The van der Waals surface area contributed by atoms with Crippen LogP contribution >= 0.6 is 12.4 Å². The molecule has 0 radical (unpaired) electrons. The van der Waals surface area contributed by atoms with Crippen LogP contribution in [0.15, 0.2) is 18.2 Å². The second-order valence-electron chi connectivity index (χ2n) is 4.50. The van der Waals surface area contributed by atoms with Crippen molar-refractivity contribution in [3.8, 4) is 0 Å². The van der Waals surface area contributed by atoms with Crippen molar-refractivity contribution >= 4 is 24.0 Å². The topological polar surface area (TPSA) is 55.1 Å². The van der Waals surface area contributed by atoms with Crippen LogP contribution in [-0.2, 0) is 4.79 Å². The number of benzene rings is 1. The van der Waals surface area contributed by atoms with Crippen LogP contribution in [0.4, 0.5) is 10.1 Å². The molecule has 3 nitrogen and oxygen atoms in total. The maximum atomic E-state index is 13.0. The molecule has 0 saturated heterocycles. The predicted molar refractivity (Wildman–Crippen MR) is 69.9 cm³/mol. The summed E-state index contributed by atoms with van der Waals surface area (Å²) in [5, 5.41) is 2.68. The first-order chi connectivity index (χ1) is 7.36. The van der Waals surface area contributed by atoms with Gasteiger partial charge in [0.15, 0.2) is 0 Å². The summed E-state index contributed by atoms with van der Waals surface area (Å²) < 4.78 is 13.0. The molecule has 0 atom stereocenters. The van der Waals surface area contributed by atoms with Gasteiger partial charge in [-0.25, -0.2) is 4.39 Å². The molecule has 17 heavy (non-hydrogen) atoms. The molecule has 0 unspecified atom stereocenters. The third kappa shape index (κ3) is 3.98. The Morgan fingerprint density at radius 2 is 2.06 bits per heavy atom. The molecular formula is C12H18ClFN2O. The zero-order valence-corrected chi connectivity index (χ0v) is 11.0. The van der Waals surface area contributed by atoms with Crippen molar-refractivity contribution < 1.29 is 9.18 Å². The smallest absolute Gasteiger partial charge is 0.231 e. The molecule has 1 aromatic rings. The minimum atomic E-state index is -0.654. The lowest BCUT2D eigenvalue weighted by Gasteiger charge is -2.21. The molecule has 0 aliphatic rings. The lowest BCUT2D eigenvalue weighted by Crippen LogP contribution is -2.37. The summed E-state index contributed by atoms with van der Waals surface area (Å²) >= 11 is 0. The highest BCUT2D eigenvalue weighted by atomic mass is 35.5. The molecule has 0 fully saturated rings. The first-order valence-electron chi connectivity index (χ1n) is 5.14. The van der Waals surface area contributed by atoms with Gasteiger partial charge in [0, 0.05) is 12.2 Å². The van der Waals surface area contributed by atoms with Gasteiger partial charge < -0.3 is 11.1 Å². The van der Waals surface area contributed by atoms with Crippen molar-refractivity contribution in [2.24, 2.45) is 11.1 Å². The lowest BCUT2D eigenvalue weighted by atomic mass is 9.92. The number of aryl methyl sites for hydroxylation is 1. The molecule has 0 aromatic heterocycles. The number of rotatable bonds is 3. The molecule has 1 amide bonds. The number of hydrogen-bond acceptors (Lipinski definition) is 2. The summed E-state index contributed by atoms with van der Waals surface area (Å²) in [6, 6.07) is 4.29. The number of hydrogen-bond donors (Lipinski definition) is 2. The van der Waals surface area contributed by atoms with E-state index in [0.29, 0.717) is 5.69 Å². The molecular weight excluding hydrogens is 243 g/mol. The Bertz CT molecular complexity index is 407. The fourth-order valence-corrected chi connectivity index (χ4v) is 1.11. The van der Waals surface area contributed by atoms with Gasteiger partial charge in [0.25, 0.3) is 0 Å². The largest absolute Gasteiger partial charge is 0.329 e. The standard InChI is InChI=1S/C12H17FN2O.ClH/c1-8-4-5-9(13)6-10(8)15-11(16)12(2,3)7-14;/h4-6H,7,14H2,1-3H3,(H,15,16);1H. The molecule has 0 saturated carbocycles. The summed E-state index contributed by atoms with van der Waals surface area (Å²) in [7, 11) is 0. The van der Waals surface area contributed by atoms with Gasteiger partial charge in [-0.3, -0.25) is 4.79 Å². The van der Waals surface area contributed by atoms with Gasteiger partial charge in [0.2, 0.25) is 5.91 Å². The molecule has 0 aliphatic heterocycles. The van der Waals surface area contributed by atoms with E-state index in [2.05, 4.69) is 5.32 Å². The molecule has 1 rings (SSSR count). The molecule has 0 aliphatic carbocycles. The molecule has 0 bridgehead atoms. The van der Waals surface area contributed by atoms with E-state index in [1.807, 2.05) is 6.92 Å². The average molecular weight is 261 g/mol. The zero-order chi connectivity index (χ0) is 12.3. The van der Waals surface area contributed by atoms with Crippen molar-refractivity contribution in [1.29, 1.82) is 0 Å². The number of amides is 1. The maximum Gasteiger partial charge on any atom is 0.231 e. The second-order valence-corrected chi connectivity index (χ2v) is 4.50. The minimum Gasteiger partial charge on any atom is -0.329 e. The lowest BCUT2D eigenvalue weighted by molar-refractivity contribution is -0.123. The van der Waals surface area contributed by atoms with Gasteiger partial charge >= 0.3 is 0 Å². The van der Waals surface area contributed by atoms with E-state index >= 15 is 0 Å². The minimum absolute atomic E-state index is 0.